The van der Waals surface area contributed by atoms with Gasteiger partial charge in [-0.1, -0.05) is 48.0 Å². The van der Waals surface area contributed by atoms with Gasteiger partial charge in [-0.05, 0) is 36.1 Å². The molecular formula is C23H23ClO8. The number of carbonyl (C=O) groups is 2. The average molecular weight is 463 g/mol. The molecule has 1 heterocycles. The van der Waals surface area contributed by atoms with E-state index in [2.05, 4.69) is 0 Å². The summed E-state index contributed by atoms with van der Waals surface area (Å²) in [4.78, 5) is 24.5. The maximum atomic E-state index is 13.1. The van der Waals surface area contributed by atoms with Crippen LogP contribution in [-0.2, 0) is 14.3 Å². The van der Waals surface area contributed by atoms with Gasteiger partial charge in [0.05, 0.1) is 0 Å². The summed E-state index contributed by atoms with van der Waals surface area (Å²) in [5.41, 5.74) is 3.03. The van der Waals surface area contributed by atoms with Crippen molar-refractivity contribution in [3.05, 3.63) is 69.7 Å². The highest BCUT2D eigenvalue weighted by Gasteiger charge is 2.49. The second kappa shape index (κ2) is 8.90. The van der Waals surface area contributed by atoms with Crippen LogP contribution < -0.4 is 0 Å². The molecule has 0 saturated carbocycles. The lowest BCUT2D eigenvalue weighted by molar-refractivity contribution is -0.300. The highest BCUT2D eigenvalue weighted by Crippen LogP contribution is 2.40. The molecule has 1 fully saturated rings. The van der Waals surface area contributed by atoms with E-state index in [-0.39, 0.29) is 18.1 Å². The van der Waals surface area contributed by atoms with Crippen LogP contribution in [0.5, 0.6) is 0 Å². The molecule has 0 aromatic heterocycles. The first-order valence-corrected chi connectivity index (χ1v) is 10.5. The number of ketones is 1. The average Bonchev–Trinajstić information content (AvgIpc) is 2.77. The number of carbonyl (C=O) groups excluding carboxylic acids is 1. The van der Waals surface area contributed by atoms with Crippen molar-refractivity contribution in [2.75, 3.05) is 0 Å². The fourth-order valence-electron chi connectivity index (χ4n) is 4.23. The first kappa shape index (κ1) is 22.8. The molecule has 1 saturated heterocycles. The molecular weight excluding hydrogens is 440 g/mol. The summed E-state index contributed by atoms with van der Waals surface area (Å²) < 4.78 is 10.9. The molecule has 1 aliphatic heterocycles. The van der Waals surface area contributed by atoms with Crippen molar-refractivity contribution in [1.82, 2.24) is 0 Å². The minimum atomic E-state index is -1.84. The summed E-state index contributed by atoms with van der Waals surface area (Å²) in [6.07, 6.45) is -9.70. The quantitative estimate of drug-likeness (QED) is 0.539. The maximum absolute atomic E-state index is 13.1. The van der Waals surface area contributed by atoms with Crippen molar-refractivity contribution < 1.29 is 39.5 Å². The molecule has 4 N–H and O–H groups in total. The van der Waals surface area contributed by atoms with Crippen molar-refractivity contribution in [2.45, 2.75) is 56.1 Å². The fourth-order valence-corrected chi connectivity index (χ4v) is 4.42. The third-order valence-corrected chi connectivity index (χ3v) is 6.46. The molecule has 9 heteroatoms. The highest BCUT2D eigenvalue weighted by molar-refractivity contribution is 6.31. The molecule has 7 atom stereocenters. The number of carboxylic acids is 1. The maximum Gasteiger partial charge on any atom is 0.335 e. The second-order valence-electron chi connectivity index (χ2n) is 8.11. The predicted octanol–water partition coefficient (Wildman–Crippen LogP) is 1.64. The zero-order valence-corrected chi connectivity index (χ0v) is 17.8. The molecule has 2 aromatic rings. The van der Waals surface area contributed by atoms with Crippen molar-refractivity contribution in [2.24, 2.45) is 0 Å². The number of rotatable bonds is 4. The van der Waals surface area contributed by atoms with Crippen molar-refractivity contribution in [3.8, 4) is 0 Å². The summed E-state index contributed by atoms with van der Waals surface area (Å²) in [5.74, 6) is -2.12. The van der Waals surface area contributed by atoms with E-state index in [1.165, 1.54) is 0 Å². The summed E-state index contributed by atoms with van der Waals surface area (Å²) in [6.45, 7) is 1.89. The van der Waals surface area contributed by atoms with Crippen LogP contribution in [0.3, 0.4) is 0 Å². The molecule has 0 spiro atoms. The van der Waals surface area contributed by atoms with Crippen LogP contribution in [-0.4, -0.2) is 69.0 Å². The van der Waals surface area contributed by atoms with Crippen molar-refractivity contribution in [1.29, 1.82) is 0 Å². The molecule has 0 bridgehead atoms. The Morgan fingerprint density at radius 2 is 1.81 bits per heavy atom. The number of hydrogen-bond donors (Lipinski definition) is 4. The summed E-state index contributed by atoms with van der Waals surface area (Å²) in [5, 5.41) is 40.0. The molecule has 8 nitrogen and oxygen atoms in total. The van der Waals surface area contributed by atoms with Gasteiger partial charge in [-0.25, -0.2) is 4.79 Å². The zero-order chi connectivity index (χ0) is 23.2. The lowest BCUT2D eigenvalue weighted by atomic mass is 9.77. The van der Waals surface area contributed by atoms with E-state index in [9.17, 15) is 30.0 Å². The van der Waals surface area contributed by atoms with Crippen molar-refractivity contribution >= 4 is 23.4 Å². The number of hydrogen-bond acceptors (Lipinski definition) is 7. The third kappa shape index (κ3) is 4.05. The Morgan fingerprint density at radius 1 is 1.09 bits per heavy atom. The Balaban J connectivity index is 1.65. The van der Waals surface area contributed by atoms with E-state index >= 15 is 0 Å². The normalized spacial score (nSPS) is 32.4. The smallest absolute Gasteiger partial charge is 0.335 e. The van der Waals surface area contributed by atoms with Gasteiger partial charge in [0.25, 0.3) is 0 Å². The molecule has 6 unspecified atom stereocenters. The molecule has 2 aromatic carbocycles. The van der Waals surface area contributed by atoms with Gasteiger partial charge in [0.2, 0.25) is 0 Å². The summed E-state index contributed by atoms with van der Waals surface area (Å²) >= 11 is 6.32. The van der Waals surface area contributed by atoms with Crippen LogP contribution >= 0.6 is 11.6 Å². The summed E-state index contributed by atoms with van der Waals surface area (Å²) in [7, 11) is 0. The van der Waals surface area contributed by atoms with E-state index in [4.69, 9.17) is 21.1 Å². The fraction of sp³-hybridized carbons (Fsp3) is 0.391. The lowest BCUT2D eigenvalue weighted by Gasteiger charge is -2.41. The van der Waals surface area contributed by atoms with Gasteiger partial charge >= 0.3 is 5.97 Å². The number of aliphatic hydroxyl groups excluding tert-OH is 3. The number of aliphatic hydroxyl groups is 3. The van der Waals surface area contributed by atoms with Crippen LogP contribution in [0.2, 0.25) is 5.02 Å². The monoisotopic (exact) mass is 462 g/mol. The van der Waals surface area contributed by atoms with E-state index in [0.717, 1.165) is 16.7 Å². The molecule has 0 amide bonds. The van der Waals surface area contributed by atoms with E-state index in [1.54, 1.807) is 12.1 Å². The minimum Gasteiger partial charge on any atom is -0.479 e. The van der Waals surface area contributed by atoms with Gasteiger partial charge in [0, 0.05) is 16.5 Å². The number of benzene rings is 2. The molecule has 32 heavy (non-hydrogen) atoms. The number of aryl methyl sites for hydroxylation is 1. The van der Waals surface area contributed by atoms with Gasteiger partial charge in [-0.2, -0.15) is 0 Å². The lowest BCUT2D eigenvalue weighted by Crippen LogP contribution is -2.61. The molecule has 0 radical (unpaired) electrons. The van der Waals surface area contributed by atoms with Gasteiger partial charge in [-0.15, -0.1) is 0 Å². The Kier molecular flexibility index (Phi) is 6.35. The molecule has 1 aliphatic carbocycles. The van der Waals surface area contributed by atoms with Crippen LogP contribution in [0, 0.1) is 6.92 Å². The van der Waals surface area contributed by atoms with Crippen molar-refractivity contribution in [3.63, 3.8) is 0 Å². The zero-order valence-electron chi connectivity index (χ0n) is 17.1. The van der Waals surface area contributed by atoms with E-state index in [0.29, 0.717) is 10.6 Å². The molecule has 170 valence electrons. The Labute approximate surface area is 189 Å². The third-order valence-electron chi connectivity index (χ3n) is 6.05. The minimum absolute atomic E-state index is 0.193. The number of fused-ring (bicyclic) bond motifs is 1. The highest BCUT2D eigenvalue weighted by atomic mass is 35.5. The number of halogens is 1. The van der Waals surface area contributed by atoms with Gasteiger partial charge in [0.15, 0.2) is 18.2 Å². The van der Waals surface area contributed by atoms with Crippen LogP contribution in [0.25, 0.3) is 0 Å². The summed E-state index contributed by atoms with van der Waals surface area (Å²) in [6, 6.07) is 12.7. The number of ether oxygens (including phenoxy) is 2. The standard InChI is InChI=1S/C23H23ClO8/c1-10-6-7-11(8-15(10)24)14-9-16(17(25)13-5-3-2-4-12(13)14)31-23-20(28)18(26)19(27)21(32-23)22(29)30/h2-8,14,16,18-21,23,26-28H,9H2,1H3,(H,29,30)/t14-,16?,18?,19?,20?,21?,23?/m0/s1. The Bertz CT molecular complexity index is 1040. The largest absolute Gasteiger partial charge is 0.479 e. The topological polar surface area (TPSA) is 134 Å². The van der Waals surface area contributed by atoms with Gasteiger partial charge < -0.3 is 29.9 Å². The Morgan fingerprint density at radius 3 is 2.50 bits per heavy atom. The molecule has 4 rings (SSSR count). The van der Waals surface area contributed by atoms with Gasteiger partial charge in [-0.3, -0.25) is 4.79 Å². The van der Waals surface area contributed by atoms with E-state index < -0.39 is 42.8 Å². The first-order valence-electron chi connectivity index (χ1n) is 10.2. The number of Topliss-reactive ketones (excluding diaryl/α,β-unsaturated/α-hetero) is 1. The van der Waals surface area contributed by atoms with Gasteiger partial charge in [0.1, 0.15) is 24.4 Å². The number of carboxylic acid groups (broad SMARTS) is 1. The van der Waals surface area contributed by atoms with Crippen LogP contribution in [0.15, 0.2) is 42.5 Å². The first-order chi connectivity index (χ1) is 15.2. The second-order valence-corrected chi connectivity index (χ2v) is 8.52. The predicted molar refractivity (Wildman–Crippen MR) is 113 cm³/mol. The SMILES string of the molecule is Cc1ccc([C@@H]2CC(OC3OC(C(=O)O)C(O)C(O)C3O)C(=O)c3ccccc32)cc1Cl. The Hall–Kier alpha value is -2.33. The number of aliphatic carboxylic acids is 1. The van der Waals surface area contributed by atoms with Crippen LogP contribution in [0.4, 0.5) is 0 Å². The van der Waals surface area contributed by atoms with Crippen LogP contribution in [0.1, 0.15) is 39.4 Å². The van der Waals surface area contributed by atoms with E-state index in [1.807, 2.05) is 37.3 Å². The molecule has 2 aliphatic rings.